The third-order valence-electron chi connectivity index (χ3n) is 1.98. The van der Waals surface area contributed by atoms with Crippen molar-refractivity contribution in [2.45, 2.75) is 31.2 Å². The van der Waals surface area contributed by atoms with Crippen LogP contribution in [0.4, 0.5) is 0 Å². The Morgan fingerprint density at radius 2 is 2.31 bits per heavy atom. The summed E-state index contributed by atoms with van der Waals surface area (Å²) in [5, 5.41) is 1.02. The van der Waals surface area contributed by atoms with Gasteiger partial charge in [0.05, 0.1) is 4.47 Å². The normalized spacial score (nSPS) is 12.9. The molecule has 0 spiro atoms. The van der Waals surface area contributed by atoms with E-state index in [1.165, 1.54) is 0 Å². The molecule has 0 bridgehead atoms. The molecule has 1 rings (SSSR count). The number of aromatic nitrogens is 2. The van der Waals surface area contributed by atoms with Crippen molar-refractivity contribution in [2.75, 3.05) is 6.26 Å². The van der Waals surface area contributed by atoms with Crippen LogP contribution in [0.15, 0.2) is 15.7 Å². The highest BCUT2D eigenvalue weighted by Gasteiger charge is 2.08. The zero-order valence-corrected chi connectivity index (χ0v) is 10.4. The molecule has 0 saturated carbocycles. The lowest BCUT2D eigenvalue weighted by atomic mass is 10.1. The molecular weight excluding hydrogens is 248 g/mol. The van der Waals surface area contributed by atoms with E-state index in [0.717, 1.165) is 21.7 Å². The van der Waals surface area contributed by atoms with E-state index in [-0.39, 0.29) is 0 Å². The minimum atomic E-state index is 0.444. The molecule has 1 aromatic rings. The number of rotatable bonds is 3. The Morgan fingerprint density at radius 3 is 2.85 bits per heavy atom. The molecule has 0 N–H and O–H groups in total. The summed E-state index contributed by atoms with van der Waals surface area (Å²) in [7, 11) is 0. The predicted molar refractivity (Wildman–Crippen MR) is 60.2 cm³/mol. The number of nitrogens with zero attached hydrogens (tertiary/aromatic N) is 2. The summed E-state index contributed by atoms with van der Waals surface area (Å²) in [5.41, 5.74) is 0. The van der Waals surface area contributed by atoms with Crippen molar-refractivity contribution in [1.82, 2.24) is 9.97 Å². The Balaban J connectivity index is 2.99. The molecule has 0 aliphatic rings. The van der Waals surface area contributed by atoms with Gasteiger partial charge in [0.15, 0.2) is 0 Å². The van der Waals surface area contributed by atoms with Gasteiger partial charge in [0.1, 0.15) is 10.9 Å². The van der Waals surface area contributed by atoms with Crippen molar-refractivity contribution in [1.29, 1.82) is 0 Å². The Hall–Kier alpha value is -0.0900. The van der Waals surface area contributed by atoms with Crippen LogP contribution in [0, 0.1) is 0 Å². The molecule has 0 saturated heterocycles. The average Bonchev–Trinajstić information content (AvgIpc) is 2.17. The Bertz CT molecular complexity index is 291. The van der Waals surface area contributed by atoms with Crippen molar-refractivity contribution in [3.05, 3.63) is 16.5 Å². The monoisotopic (exact) mass is 260 g/mol. The molecule has 0 aliphatic heterocycles. The van der Waals surface area contributed by atoms with Gasteiger partial charge in [-0.1, -0.05) is 13.8 Å². The Morgan fingerprint density at radius 1 is 1.62 bits per heavy atom. The molecule has 2 nitrogen and oxygen atoms in total. The van der Waals surface area contributed by atoms with Crippen molar-refractivity contribution in [3.63, 3.8) is 0 Å². The van der Waals surface area contributed by atoms with Crippen molar-refractivity contribution >= 4 is 27.7 Å². The maximum Gasteiger partial charge on any atom is 0.132 e. The van der Waals surface area contributed by atoms with E-state index < -0.39 is 0 Å². The molecule has 72 valence electrons. The molecule has 1 aromatic heterocycles. The van der Waals surface area contributed by atoms with Gasteiger partial charge in [0, 0.05) is 12.1 Å². The van der Waals surface area contributed by atoms with Crippen molar-refractivity contribution in [2.24, 2.45) is 0 Å². The maximum absolute atomic E-state index is 4.47. The van der Waals surface area contributed by atoms with Gasteiger partial charge in [-0.15, -0.1) is 11.8 Å². The molecule has 0 fully saturated rings. The first-order valence-corrected chi connectivity index (χ1v) is 6.27. The lowest BCUT2D eigenvalue weighted by Crippen LogP contribution is -2.00. The number of hydrogen-bond donors (Lipinski definition) is 0. The van der Waals surface area contributed by atoms with Gasteiger partial charge in [0.25, 0.3) is 0 Å². The molecular formula is C9H13BrN2S. The molecule has 0 aliphatic carbocycles. The highest BCUT2D eigenvalue weighted by molar-refractivity contribution is 9.10. The summed E-state index contributed by atoms with van der Waals surface area (Å²) in [6.07, 6.45) is 4.93. The summed E-state index contributed by atoms with van der Waals surface area (Å²) in [4.78, 5) is 8.75. The minimum absolute atomic E-state index is 0.444. The highest BCUT2D eigenvalue weighted by Crippen LogP contribution is 2.24. The zero-order chi connectivity index (χ0) is 9.84. The van der Waals surface area contributed by atoms with Gasteiger partial charge < -0.3 is 0 Å². The van der Waals surface area contributed by atoms with Gasteiger partial charge >= 0.3 is 0 Å². The van der Waals surface area contributed by atoms with Crippen LogP contribution in [0.5, 0.6) is 0 Å². The van der Waals surface area contributed by atoms with Gasteiger partial charge in [-0.05, 0) is 28.6 Å². The third kappa shape index (κ3) is 2.68. The molecule has 0 radical (unpaired) electrons. The fourth-order valence-electron chi connectivity index (χ4n) is 0.927. The van der Waals surface area contributed by atoms with Crippen LogP contribution in [0.1, 0.15) is 32.0 Å². The van der Waals surface area contributed by atoms with E-state index in [9.17, 15) is 0 Å². The van der Waals surface area contributed by atoms with E-state index in [0.29, 0.717) is 5.92 Å². The van der Waals surface area contributed by atoms with E-state index in [2.05, 4.69) is 39.7 Å². The molecule has 4 heteroatoms. The van der Waals surface area contributed by atoms with Crippen LogP contribution in [0.3, 0.4) is 0 Å². The highest BCUT2D eigenvalue weighted by atomic mass is 79.9. The predicted octanol–water partition coefficient (Wildman–Crippen LogP) is 3.47. The van der Waals surface area contributed by atoms with Crippen LogP contribution < -0.4 is 0 Å². The lowest BCUT2D eigenvalue weighted by Gasteiger charge is -2.08. The zero-order valence-electron chi connectivity index (χ0n) is 8.04. The molecule has 1 atom stereocenters. The van der Waals surface area contributed by atoms with E-state index in [4.69, 9.17) is 0 Å². The molecule has 0 aromatic carbocycles. The van der Waals surface area contributed by atoms with Crippen molar-refractivity contribution in [3.8, 4) is 0 Å². The van der Waals surface area contributed by atoms with E-state index in [1.54, 1.807) is 11.8 Å². The Labute approximate surface area is 91.7 Å². The van der Waals surface area contributed by atoms with Crippen LogP contribution in [0.2, 0.25) is 0 Å². The second-order valence-corrected chi connectivity index (χ2v) is 4.54. The first-order valence-electron chi connectivity index (χ1n) is 4.25. The van der Waals surface area contributed by atoms with E-state index in [1.807, 2.05) is 12.5 Å². The minimum Gasteiger partial charge on any atom is -0.240 e. The average molecular weight is 261 g/mol. The largest absolute Gasteiger partial charge is 0.240 e. The first kappa shape index (κ1) is 11.0. The number of thioether (sulfide) groups is 1. The topological polar surface area (TPSA) is 25.8 Å². The Kier molecular flexibility index (Phi) is 4.19. The van der Waals surface area contributed by atoms with Gasteiger partial charge in [0.2, 0.25) is 0 Å². The summed E-state index contributed by atoms with van der Waals surface area (Å²) < 4.78 is 0.979. The smallest absolute Gasteiger partial charge is 0.132 e. The number of halogens is 1. The second kappa shape index (κ2) is 4.96. The summed E-state index contributed by atoms with van der Waals surface area (Å²) in [6.45, 7) is 4.29. The van der Waals surface area contributed by atoms with Crippen molar-refractivity contribution < 1.29 is 0 Å². The quantitative estimate of drug-likeness (QED) is 0.615. The van der Waals surface area contributed by atoms with Crippen LogP contribution in [-0.2, 0) is 0 Å². The third-order valence-corrected chi connectivity index (χ3v) is 3.52. The van der Waals surface area contributed by atoms with Crippen LogP contribution in [-0.4, -0.2) is 16.2 Å². The molecule has 1 heterocycles. The second-order valence-electron chi connectivity index (χ2n) is 2.89. The SMILES string of the molecule is CCC(C)c1ncc(Br)c(SC)n1. The molecule has 13 heavy (non-hydrogen) atoms. The maximum atomic E-state index is 4.47. The van der Waals surface area contributed by atoms with Gasteiger partial charge in [-0.2, -0.15) is 0 Å². The van der Waals surface area contributed by atoms with E-state index >= 15 is 0 Å². The summed E-state index contributed by atoms with van der Waals surface area (Å²) >= 11 is 5.06. The summed E-state index contributed by atoms with van der Waals surface area (Å²) in [5.74, 6) is 1.38. The fraction of sp³-hybridized carbons (Fsp3) is 0.556. The van der Waals surface area contributed by atoms with Crippen LogP contribution in [0.25, 0.3) is 0 Å². The first-order chi connectivity index (χ1) is 6.19. The van der Waals surface area contributed by atoms with Gasteiger partial charge in [-0.3, -0.25) is 0 Å². The van der Waals surface area contributed by atoms with Crippen LogP contribution >= 0.6 is 27.7 Å². The molecule has 1 unspecified atom stereocenters. The van der Waals surface area contributed by atoms with Gasteiger partial charge in [-0.25, -0.2) is 9.97 Å². The standard InChI is InChI=1S/C9H13BrN2S/c1-4-6(2)8-11-5-7(10)9(12-8)13-3/h5-6H,4H2,1-3H3. The number of hydrogen-bond acceptors (Lipinski definition) is 3. The lowest BCUT2D eigenvalue weighted by molar-refractivity contribution is 0.665. The fourth-order valence-corrected chi connectivity index (χ4v) is 2.04. The summed E-state index contributed by atoms with van der Waals surface area (Å²) in [6, 6.07) is 0. The molecule has 0 amide bonds.